The first-order valence-corrected chi connectivity index (χ1v) is 14.6. The van der Waals surface area contributed by atoms with Crippen LogP contribution in [0.2, 0.25) is 10.0 Å². The third-order valence-corrected chi connectivity index (χ3v) is 9.47. The van der Waals surface area contributed by atoms with Crippen molar-refractivity contribution in [2.45, 2.75) is 30.2 Å². The average molecular weight is 561 g/mol. The number of nitrogens with zero attached hydrogens (tertiary/aromatic N) is 2. The first-order chi connectivity index (χ1) is 17.3. The normalized spacial score (nSPS) is 15.2. The molecule has 4 rings (SSSR count). The molecule has 1 N–H and O–H groups in total. The summed E-state index contributed by atoms with van der Waals surface area (Å²) in [6.45, 7) is 0. The van der Waals surface area contributed by atoms with Crippen LogP contribution in [0.4, 0.5) is 11.4 Å². The highest BCUT2D eigenvalue weighted by atomic mass is 35.5. The predicted molar refractivity (Wildman–Crippen MR) is 146 cm³/mol. The van der Waals surface area contributed by atoms with Crippen LogP contribution in [0.15, 0.2) is 71.6 Å². The minimum atomic E-state index is -4.09. The first-order valence-electron chi connectivity index (χ1n) is 11.3. The fraction of sp³-hybridized carbons (Fsp3) is 0.231. The van der Waals surface area contributed by atoms with Gasteiger partial charge in [0, 0.05) is 0 Å². The number of amides is 1. The van der Waals surface area contributed by atoms with Gasteiger partial charge in [-0.2, -0.15) is 17.0 Å². The fourth-order valence-corrected chi connectivity index (χ4v) is 6.97. The van der Waals surface area contributed by atoms with Crippen molar-refractivity contribution in [1.82, 2.24) is 0 Å². The van der Waals surface area contributed by atoms with Crippen LogP contribution in [0.25, 0.3) is 0 Å². The van der Waals surface area contributed by atoms with Crippen molar-refractivity contribution in [3.05, 3.63) is 87.9 Å². The number of benzene rings is 3. The van der Waals surface area contributed by atoms with E-state index in [0.29, 0.717) is 29.1 Å². The smallest absolute Gasteiger partial charge is 0.265 e. The number of halogens is 2. The Morgan fingerprint density at radius 3 is 2.47 bits per heavy atom. The lowest BCUT2D eigenvalue weighted by molar-refractivity contribution is -0.117. The van der Waals surface area contributed by atoms with Crippen LogP contribution in [0.3, 0.4) is 0 Å². The Bertz CT molecular complexity index is 1410. The Morgan fingerprint density at radius 1 is 1.00 bits per heavy atom. The second-order valence-electron chi connectivity index (χ2n) is 8.21. The van der Waals surface area contributed by atoms with Gasteiger partial charge >= 0.3 is 0 Å². The number of sulfonamides is 1. The van der Waals surface area contributed by atoms with Gasteiger partial charge in [-0.05, 0) is 78.8 Å². The van der Waals surface area contributed by atoms with E-state index in [1.54, 1.807) is 36.0 Å². The predicted octanol–water partition coefficient (Wildman–Crippen LogP) is 6.14. The monoisotopic (exact) mass is 559 g/mol. The molecular weight excluding hydrogens is 537 g/mol. The molecule has 0 saturated heterocycles. The number of carbonyl (C=O) groups is 1. The number of nitrogens with one attached hydrogen (secondary N) is 1. The van der Waals surface area contributed by atoms with Gasteiger partial charge in [0.1, 0.15) is 6.04 Å². The largest absolute Gasteiger partial charge is 0.322 e. The molecule has 1 atom stereocenters. The second-order valence-corrected chi connectivity index (χ2v) is 12.1. The molecule has 0 bridgehead atoms. The molecule has 0 aliphatic carbocycles. The Kier molecular flexibility index (Phi) is 8.47. The molecule has 0 spiro atoms. The van der Waals surface area contributed by atoms with Crippen molar-refractivity contribution in [1.29, 1.82) is 5.26 Å². The Hall–Kier alpha value is -2.70. The zero-order chi connectivity index (χ0) is 25.7. The zero-order valence-corrected chi connectivity index (χ0v) is 22.3. The molecule has 6 nitrogen and oxygen atoms in total. The fourth-order valence-electron chi connectivity index (χ4n) is 3.98. The highest BCUT2D eigenvalue weighted by Crippen LogP contribution is 2.38. The molecule has 0 saturated carbocycles. The van der Waals surface area contributed by atoms with E-state index < -0.39 is 16.1 Å². The van der Waals surface area contributed by atoms with E-state index in [0.717, 1.165) is 24.2 Å². The number of aryl methyl sites for hydroxylation is 1. The van der Waals surface area contributed by atoms with E-state index in [4.69, 9.17) is 28.5 Å². The molecule has 1 aliphatic heterocycles. The first kappa shape index (κ1) is 26.4. The number of rotatable bonds is 9. The number of para-hydroxylation sites is 2. The lowest BCUT2D eigenvalue weighted by Crippen LogP contribution is -2.51. The van der Waals surface area contributed by atoms with Gasteiger partial charge in [0.25, 0.3) is 10.0 Å². The van der Waals surface area contributed by atoms with Crippen LogP contribution >= 0.6 is 35.0 Å². The van der Waals surface area contributed by atoms with E-state index in [9.17, 15) is 13.2 Å². The van der Waals surface area contributed by atoms with E-state index >= 15 is 0 Å². The van der Waals surface area contributed by atoms with Gasteiger partial charge in [0.2, 0.25) is 5.91 Å². The van der Waals surface area contributed by atoms with E-state index in [1.807, 2.05) is 24.3 Å². The summed E-state index contributed by atoms with van der Waals surface area (Å²) in [5.41, 5.74) is 2.66. The van der Waals surface area contributed by atoms with Gasteiger partial charge in [-0.15, -0.1) is 0 Å². The van der Waals surface area contributed by atoms with Crippen LogP contribution in [0.5, 0.6) is 0 Å². The van der Waals surface area contributed by atoms with Crippen molar-refractivity contribution < 1.29 is 13.2 Å². The van der Waals surface area contributed by atoms with Crippen LogP contribution in [-0.4, -0.2) is 31.9 Å². The molecule has 1 unspecified atom stereocenters. The second kappa shape index (κ2) is 11.6. The van der Waals surface area contributed by atoms with Gasteiger partial charge in [-0.25, -0.2) is 8.42 Å². The maximum absolute atomic E-state index is 13.7. The molecular formula is C26H23Cl2N3O3S2. The number of fused-ring (bicyclic) bond motifs is 1. The highest BCUT2D eigenvalue weighted by Gasteiger charge is 2.40. The summed E-state index contributed by atoms with van der Waals surface area (Å²) in [4.78, 5) is 13.0. The Morgan fingerprint density at radius 2 is 1.75 bits per heavy atom. The van der Waals surface area contributed by atoms with Crippen molar-refractivity contribution in [3.8, 4) is 6.07 Å². The quantitative estimate of drug-likeness (QED) is 0.318. The van der Waals surface area contributed by atoms with Crippen LogP contribution in [0, 0.1) is 11.3 Å². The van der Waals surface area contributed by atoms with E-state index in [2.05, 4.69) is 11.4 Å². The van der Waals surface area contributed by atoms with Crippen LogP contribution in [0.1, 0.15) is 24.0 Å². The standard InChI is InChI=1S/C26H23Cl2N3O3S2/c27-21-12-11-20(16-22(21)28)36(33,34)31-24-6-2-1-5-23(24)30-26(32)25(31)13-15-35-14-3-4-18-7-9-19(17-29)10-8-18/h1-2,5-12,16,25H,3-4,13-15H2,(H,30,32). The average Bonchev–Trinajstić information content (AvgIpc) is 2.87. The molecule has 3 aromatic carbocycles. The molecule has 186 valence electrons. The van der Waals surface area contributed by atoms with Crippen molar-refractivity contribution >= 4 is 62.3 Å². The molecule has 3 aromatic rings. The molecule has 0 radical (unpaired) electrons. The van der Waals surface area contributed by atoms with Crippen molar-refractivity contribution in [3.63, 3.8) is 0 Å². The summed E-state index contributed by atoms with van der Waals surface area (Å²) in [7, 11) is -4.09. The number of nitriles is 1. The summed E-state index contributed by atoms with van der Waals surface area (Å²) < 4.78 is 28.7. The summed E-state index contributed by atoms with van der Waals surface area (Å²) in [5.74, 6) is 1.11. The number of hydrogen-bond acceptors (Lipinski definition) is 5. The molecule has 1 heterocycles. The lowest BCUT2D eigenvalue weighted by atomic mass is 10.1. The van der Waals surface area contributed by atoms with Crippen molar-refractivity contribution in [2.75, 3.05) is 21.1 Å². The van der Waals surface area contributed by atoms with Crippen LogP contribution < -0.4 is 9.62 Å². The third-order valence-electron chi connectivity index (χ3n) is 5.81. The van der Waals surface area contributed by atoms with Crippen LogP contribution in [-0.2, 0) is 21.2 Å². The molecule has 10 heteroatoms. The number of carbonyl (C=O) groups excluding carboxylic acids is 1. The van der Waals surface area contributed by atoms with Gasteiger partial charge in [-0.3, -0.25) is 9.10 Å². The number of anilines is 2. The molecule has 1 aliphatic rings. The number of hydrogen-bond donors (Lipinski definition) is 1. The molecule has 0 fully saturated rings. The zero-order valence-electron chi connectivity index (χ0n) is 19.2. The van der Waals surface area contributed by atoms with E-state index in [-0.39, 0.29) is 20.8 Å². The lowest BCUT2D eigenvalue weighted by Gasteiger charge is -2.37. The molecule has 1 amide bonds. The minimum Gasteiger partial charge on any atom is -0.322 e. The maximum atomic E-state index is 13.7. The molecule has 0 aromatic heterocycles. The topological polar surface area (TPSA) is 90.3 Å². The van der Waals surface area contributed by atoms with Gasteiger partial charge in [-0.1, -0.05) is 47.5 Å². The Labute approximate surface area is 225 Å². The third kappa shape index (κ3) is 5.81. The summed E-state index contributed by atoms with van der Waals surface area (Å²) in [6.07, 6.45) is 2.16. The summed E-state index contributed by atoms with van der Waals surface area (Å²) in [6, 6.07) is 19.7. The summed E-state index contributed by atoms with van der Waals surface area (Å²) >= 11 is 13.8. The highest BCUT2D eigenvalue weighted by molar-refractivity contribution is 7.99. The number of thioether (sulfide) groups is 1. The SMILES string of the molecule is N#Cc1ccc(CCCSCCC2C(=O)Nc3ccccc3N2S(=O)(=O)c2ccc(Cl)c(Cl)c2)cc1. The summed E-state index contributed by atoms with van der Waals surface area (Å²) in [5, 5.41) is 12.1. The van der Waals surface area contributed by atoms with Crippen molar-refractivity contribution in [2.24, 2.45) is 0 Å². The molecule has 36 heavy (non-hydrogen) atoms. The van der Waals surface area contributed by atoms with Gasteiger partial charge in [0.15, 0.2) is 0 Å². The van der Waals surface area contributed by atoms with Gasteiger partial charge < -0.3 is 5.32 Å². The minimum absolute atomic E-state index is 0.0264. The van der Waals surface area contributed by atoms with Gasteiger partial charge in [0.05, 0.1) is 37.9 Å². The Balaban J connectivity index is 1.46. The van der Waals surface area contributed by atoms with E-state index in [1.165, 1.54) is 22.5 Å². The maximum Gasteiger partial charge on any atom is 0.265 e.